The lowest BCUT2D eigenvalue weighted by atomic mass is 9.93. The van der Waals surface area contributed by atoms with E-state index in [1.807, 2.05) is 12.1 Å². The molecule has 0 amide bonds. The minimum atomic E-state index is 0.325. The molecule has 0 aromatic heterocycles. The minimum absolute atomic E-state index is 0.325. The molecule has 0 bridgehead atoms. The van der Waals surface area contributed by atoms with Crippen molar-refractivity contribution in [2.45, 2.75) is 26.2 Å². The second-order valence-corrected chi connectivity index (χ2v) is 4.45. The zero-order valence-corrected chi connectivity index (χ0v) is 8.54. The Labute approximate surface area is 80.0 Å². The fraction of sp³-hybridized carbons (Fsp3) is 0.500. The lowest BCUT2D eigenvalue weighted by Crippen LogP contribution is -2.08. The number of para-hydroxylation sites is 1. The van der Waals surface area contributed by atoms with Crippen molar-refractivity contribution in [3.8, 4) is 0 Å². The second kappa shape index (κ2) is 2.50. The third kappa shape index (κ3) is 0.995. The van der Waals surface area contributed by atoms with Crippen LogP contribution in [0.3, 0.4) is 0 Å². The summed E-state index contributed by atoms with van der Waals surface area (Å²) in [6.07, 6.45) is 0. The summed E-state index contributed by atoms with van der Waals surface area (Å²) in [5, 5.41) is 0. The highest BCUT2D eigenvalue weighted by Gasteiger charge is 2.56. The van der Waals surface area contributed by atoms with Crippen molar-refractivity contribution in [1.29, 1.82) is 0 Å². The number of benzene rings is 1. The Kier molecular flexibility index (Phi) is 1.66. The molecule has 2 atom stereocenters. The van der Waals surface area contributed by atoms with Gasteiger partial charge in [-0.25, -0.2) is 0 Å². The van der Waals surface area contributed by atoms with Gasteiger partial charge in [0.25, 0.3) is 0 Å². The monoisotopic (exact) mass is 175 g/mol. The zero-order chi connectivity index (χ0) is 9.64. The summed E-state index contributed by atoms with van der Waals surface area (Å²) in [6, 6.07) is 8.24. The molecule has 1 aliphatic rings. The smallest absolute Gasteiger partial charge is 0.0352 e. The lowest BCUT2D eigenvalue weighted by Gasteiger charge is -2.13. The van der Waals surface area contributed by atoms with Gasteiger partial charge in [-0.3, -0.25) is 0 Å². The molecule has 0 aliphatic heterocycles. The van der Waals surface area contributed by atoms with Gasteiger partial charge in [0, 0.05) is 11.1 Å². The molecule has 1 nitrogen and oxygen atoms in total. The van der Waals surface area contributed by atoms with E-state index in [-0.39, 0.29) is 0 Å². The standard InChI is InChI=1S/C12H17N/c1-8-9(2)12(8,3)10-6-4-5-7-11(10)13/h4-9H,13H2,1-3H3. The van der Waals surface area contributed by atoms with Crippen LogP contribution in [0.1, 0.15) is 26.3 Å². The topological polar surface area (TPSA) is 26.0 Å². The molecule has 1 aromatic carbocycles. The van der Waals surface area contributed by atoms with E-state index in [9.17, 15) is 0 Å². The Morgan fingerprint density at radius 2 is 1.69 bits per heavy atom. The van der Waals surface area contributed by atoms with E-state index in [1.165, 1.54) is 5.56 Å². The summed E-state index contributed by atoms with van der Waals surface area (Å²) < 4.78 is 0. The predicted molar refractivity (Wildman–Crippen MR) is 56.5 cm³/mol. The maximum Gasteiger partial charge on any atom is 0.0352 e. The summed E-state index contributed by atoms with van der Waals surface area (Å²) in [5.41, 5.74) is 8.57. The second-order valence-electron chi connectivity index (χ2n) is 4.45. The predicted octanol–water partition coefficient (Wildman–Crippen LogP) is 2.81. The van der Waals surface area contributed by atoms with Crippen LogP contribution in [-0.2, 0) is 5.41 Å². The van der Waals surface area contributed by atoms with E-state index in [0.717, 1.165) is 17.5 Å². The molecule has 70 valence electrons. The van der Waals surface area contributed by atoms with E-state index in [4.69, 9.17) is 5.73 Å². The molecule has 1 heteroatoms. The van der Waals surface area contributed by atoms with Crippen molar-refractivity contribution in [1.82, 2.24) is 0 Å². The highest BCUT2D eigenvalue weighted by molar-refractivity contribution is 5.54. The van der Waals surface area contributed by atoms with Crippen LogP contribution in [0.4, 0.5) is 5.69 Å². The van der Waals surface area contributed by atoms with Gasteiger partial charge in [0.05, 0.1) is 0 Å². The van der Waals surface area contributed by atoms with E-state index in [2.05, 4.69) is 32.9 Å². The van der Waals surface area contributed by atoms with Crippen LogP contribution in [0.5, 0.6) is 0 Å². The number of anilines is 1. The first-order valence-electron chi connectivity index (χ1n) is 4.93. The normalized spacial score (nSPS) is 37.5. The fourth-order valence-corrected chi connectivity index (χ4v) is 2.46. The summed E-state index contributed by atoms with van der Waals surface area (Å²) >= 11 is 0. The van der Waals surface area contributed by atoms with Gasteiger partial charge in [-0.15, -0.1) is 0 Å². The fourth-order valence-electron chi connectivity index (χ4n) is 2.46. The highest BCUT2D eigenvalue weighted by atomic mass is 14.7. The van der Waals surface area contributed by atoms with Gasteiger partial charge in [-0.2, -0.15) is 0 Å². The molecule has 1 aliphatic carbocycles. The Morgan fingerprint density at radius 1 is 1.15 bits per heavy atom. The lowest BCUT2D eigenvalue weighted by molar-refractivity contribution is 0.683. The molecule has 1 aromatic rings. The number of nitrogens with two attached hydrogens (primary N) is 1. The molecule has 0 radical (unpaired) electrons. The van der Waals surface area contributed by atoms with Crippen LogP contribution >= 0.6 is 0 Å². The summed E-state index contributed by atoms with van der Waals surface area (Å²) in [7, 11) is 0. The number of hydrogen-bond donors (Lipinski definition) is 1. The van der Waals surface area contributed by atoms with Crippen molar-refractivity contribution in [3.05, 3.63) is 29.8 Å². The van der Waals surface area contributed by atoms with Crippen LogP contribution in [0.2, 0.25) is 0 Å². The van der Waals surface area contributed by atoms with Crippen LogP contribution in [0.15, 0.2) is 24.3 Å². The van der Waals surface area contributed by atoms with Crippen LogP contribution in [-0.4, -0.2) is 0 Å². The molecule has 1 fully saturated rings. The first-order valence-corrected chi connectivity index (χ1v) is 4.93. The third-order valence-electron chi connectivity index (χ3n) is 4.07. The van der Waals surface area contributed by atoms with Gasteiger partial charge in [-0.1, -0.05) is 39.0 Å². The Morgan fingerprint density at radius 3 is 2.15 bits per heavy atom. The van der Waals surface area contributed by atoms with Crippen molar-refractivity contribution in [2.24, 2.45) is 11.8 Å². The molecular formula is C12H17N. The first kappa shape index (κ1) is 8.61. The van der Waals surface area contributed by atoms with E-state index in [1.54, 1.807) is 0 Å². The first-order chi connectivity index (χ1) is 6.08. The molecular weight excluding hydrogens is 158 g/mol. The molecule has 0 heterocycles. The van der Waals surface area contributed by atoms with Gasteiger partial charge in [0.2, 0.25) is 0 Å². The van der Waals surface area contributed by atoms with E-state index < -0.39 is 0 Å². The average Bonchev–Trinajstić information content (AvgIpc) is 2.59. The van der Waals surface area contributed by atoms with Crippen molar-refractivity contribution in [2.75, 3.05) is 5.73 Å². The molecule has 0 spiro atoms. The molecule has 2 unspecified atom stereocenters. The average molecular weight is 175 g/mol. The third-order valence-corrected chi connectivity index (χ3v) is 4.07. The van der Waals surface area contributed by atoms with Gasteiger partial charge in [-0.05, 0) is 23.5 Å². The van der Waals surface area contributed by atoms with E-state index in [0.29, 0.717) is 5.41 Å². The molecule has 0 saturated heterocycles. The van der Waals surface area contributed by atoms with Crippen molar-refractivity contribution in [3.63, 3.8) is 0 Å². The van der Waals surface area contributed by atoms with E-state index >= 15 is 0 Å². The SMILES string of the molecule is CC1C(C)C1(C)c1ccccc1N. The Balaban J connectivity index is 2.43. The number of nitrogen functional groups attached to an aromatic ring is 1. The number of hydrogen-bond acceptors (Lipinski definition) is 1. The van der Waals surface area contributed by atoms with Crippen LogP contribution < -0.4 is 5.73 Å². The Hall–Kier alpha value is -0.980. The summed E-state index contributed by atoms with van der Waals surface area (Å²) in [5.74, 6) is 1.52. The number of rotatable bonds is 1. The maximum atomic E-state index is 5.97. The largest absolute Gasteiger partial charge is 0.398 e. The maximum absolute atomic E-state index is 5.97. The van der Waals surface area contributed by atoms with Gasteiger partial charge in [0.15, 0.2) is 0 Å². The van der Waals surface area contributed by atoms with Gasteiger partial charge >= 0.3 is 0 Å². The molecule has 2 N–H and O–H groups in total. The van der Waals surface area contributed by atoms with Crippen molar-refractivity contribution < 1.29 is 0 Å². The van der Waals surface area contributed by atoms with Crippen molar-refractivity contribution >= 4 is 5.69 Å². The minimum Gasteiger partial charge on any atom is -0.398 e. The quantitative estimate of drug-likeness (QED) is 0.652. The Bertz CT molecular complexity index is 322. The summed E-state index contributed by atoms with van der Waals surface area (Å²) in [6.45, 7) is 6.92. The summed E-state index contributed by atoms with van der Waals surface area (Å²) in [4.78, 5) is 0. The zero-order valence-electron chi connectivity index (χ0n) is 8.54. The molecule has 1 saturated carbocycles. The van der Waals surface area contributed by atoms with Gasteiger partial charge in [0.1, 0.15) is 0 Å². The highest BCUT2D eigenvalue weighted by Crippen LogP contribution is 2.60. The van der Waals surface area contributed by atoms with Crippen LogP contribution in [0.25, 0.3) is 0 Å². The molecule has 13 heavy (non-hydrogen) atoms. The van der Waals surface area contributed by atoms with Gasteiger partial charge < -0.3 is 5.73 Å². The molecule has 2 rings (SSSR count). The van der Waals surface area contributed by atoms with Crippen LogP contribution in [0, 0.1) is 11.8 Å².